The molecule has 0 heterocycles. The number of rotatable bonds is 3. The third-order valence-electron chi connectivity index (χ3n) is 2.90. The Balaban J connectivity index is 2.10. The third kappa shape index (κ3) is 4.06. The summed E-state index contributed by atoms with van der Waals surface area (Å²) < 4.78 is 5.06. The van der Waals surface area contributed by atoms with E-state index in [4.69, 9.17) is 27.9 Å². The van der Waals surface area contributed by atoms with E-state index in [0.29, 0.717) is 5.02 Å². The molecule has 23 heavy (non-hydrogen) atoms. The molecule has 2 rings (SSSR count). The molecule has 0 spiro atoms. The molecule has 2 aromatic rings. The Morgan fingerprint density at radius 2 is 1.52 bits per heavy atom. The van der Waals surface area contributed by atoms with Crippen LogP contribution >= 0.6 is 23.2 Å². The van der Waals surface area contributed by atoms with E-state index in [1.807, 2.05) is 0 Å². The minimum atomic E-state index is -0.716. The molecule has 0 radical (unpaired) electrons. The number of hydrogen-bond donors (Lipinski definition) is 3. The molecular formula is C15H12Cl2N2O4. The molecule has 0 unspecified atom stereocenters. The first-order valence-corrected chi connectivity index (χ1v) is 7.10. The predicted octanol–water partition coefficient (Wildman–Crippen LogP) is 2.78. The number of hydrogen-bond acceptors (Lipinski definition) is 4. The highest BCUT2D eigenvalue weighted by atomic mass is 35.5. The zero-order valence-corrected chi connectivity index (χ0v) is 13.4. The van der Waals surface area contributed by atoms with Crippen LogP contribution < -0.4 is 15.6 Å². The first kappa shape index (κ1) is 16.9. The van der Waals surface area contributed by atoms with Gasteiger partial charge in [-0.15, -0.1) is 0 Å². The Kier molecular flexibility index (Phi) is 5.31. The van der Waals surface area contributed by atoms with Crippen LogP contribution in [0.3, 0.4) is 0 Å². The molecule has 0 aromatic heterocycles. The van der Waals surface area contributed by atoms with Gasteiger partial charge in [0.1, 0.15) is 11.5 Å². The highest BCUT2D eigenvalue weighted by molar-refractivity contribution is 6.31. The molecular weight excluding hydrogens is 343 g/mol. The average Bonchev–Trinajstić information content (AvgIpc) is 2.54. The van der Waals surface area contributed by atoms with Crippen LogP contribution in [0.5, 0.6) is 11.5 Å². The number of nitrogens with one attached hydrogen (secondary N) is 2. The Morgan fingerprint density at radius 1 is 0.957 bits per heavy atom. The number of phenolic OH excluding ortho intramolecular Hbond substituents is 1. The number of carbonyl (C=O) groups excluding carboxylic acids is 2. The van der Waals surface area contributed by atoms with Gasteiger partial charge in [0.05, 0.1) is 18.2 Å². The third-order valence-corrected chi connectivity index (χ3v) is 3.37. The quantitative estimate of drug-likeness (QED) is 0.739. The number of ether oxygens (including phenoxy) is 1. The normalized spacial score (nSPS) is 10.0. The topological polar surface area (TPSA) is 87.7 Å². The number of benzene rings is 2. The Labute approximate surface area is 141 Å². The minimum absolute atomic E-state index is 0.0686. The van der Waals surface area contributed by atoms with Gasteiger partial charge >= 0.3 is 0 Å². The SMILES string of the molecule is COc1cc(Cl)ccc1C(=O)NNC(=O)c1cc(Cl)ccc1O. The zero-order valence-electron chi connectivity index (χ0n) is 11.9. The van der Waals surface area contributed by atoms with Crippen molar-refractivity contribution in [3.05, 3.63) is 57.6 Å². The molecule has 2 amide bonds. The molecule has 0 saturated heterocycles. The van der Waals surface area contributed by atoms with E-state index in [-0.39, 0.29) is 27.6 Å². The van der Waals surface area contributed by atoms with Crippen molar-refractivity contribution in [3.63, 3.8) is 0 Å². The lowest BCUT2D eigenvalue weighted by molar-refractivity contribution is 0.0843. The van der Waals surface area contributed by atoms with Crippen molar-refractivity contribution < 1.29 is 19.4 Å². The molecule has 6 nitrogen and oxygen atoms in total. The lowest BCUT2D eigenvalue weighted by Crippen LogP contribution is -2.41. The first-order chi connectivity index (χ1) is 10.9. The summed E-state index contributed by atoms with van der Waals surface area (Å²) in [5.41, 5.74) is 4.53. The maximum absolute atomic E-state index is 12.1. The monoisotopic (exact) mass is 354 g/mol. The van der Waals surface area contributed by atoms with Gasteiger partial charge in [0.15, 0.2) is 0 Å². The molecule has 8 heteroatoms. The lowest BCUT2D eigenvalue weighted by Gasteiger charge is -2.11. The Morgan fingerprint density at radius 3 is 2.17 bits per heavy atom. The van der Waals surface area contributed by atoms with Crippen LogP contribution in [0.15, 0.2) is 36.4 Å². The molecule has 0 aliphatic heterocycles. The highest BCUT2D eigenvalue weighted by Gasteiger charge is 2.16. The number of methoxy groups -OCH3 is 1. The molecule has 0 saturated carbocycles. The highest BCUT2D eigenvalue weighted by Crippen LogP contribution is 2.23. The second-order valence-corrected chi connectivity index (χ2v) is 5.29. The van der Waals surface area contributed by atoms with Gasteiger partial charge in [0.25, 0.3) is 11.8 Å². The molecule has 0 aliphatic carbocycles. The molecule has 0 aliphatic rings. The van der Waals surface area contributed by atoms with Crippen LogP contribution in [0.2, 0.25) is 10.0 Å². The second-order valence-electron chi connectivity index (χ2n) is 4.41. The standard InChI is InChI=1S/C15H12Cl2N2O4/c1-23-13-7-9(17)2-4-10(13)14(21)18-19-15(22)11-6-8(16)3-5-12(11)20/h2-7,20H,1H3,(H,18,21)(H,19,22). The molecule has 0 atom stereocenters. The number of aromatic hydroxyl groups is 1. The summed E-state index contributed by atoms with van der Waals surface area (Å²) in [6.45, 7) is 0. The van der Waals surface area contributed by atoms with Crippen molar-refractivity contribution in [2.24, 2.45) is 0 Å². The Bertz CT molecular complexity index is 765. The van der Waals surface area contributed by atoms with Crippen LogP contribution in [0.25, 0.3) is 0 Å². The molecule has 0 bridgehead atoms. The van der Waals surface area contributed by atoms with E-state index < -0.39 is 11.8 Å². The van der Waals surface area contributed by atoms with E-state index in [2.05, 4.69) is 10.9 Å². The molecule has 2 aromatic carbocycles. The van der Waals surface area contributed by atoms with Gasteiger partial charge in [-0.25, -0.2) is 0 Å². The number of carbonyl (C=O) groups is 2. The smallest absolute Gasteiger partial charge is 0.273 e. The van der Waals surface area contributed by atoms with Crippen LogP contribution in [0.4, 0.5) is 0 Å². The fourth-order valence-corrected chi connectivity index (χ4v) is 2.13. The number of halogens is 2. The summed E-state index contributed by atoms with van der Waals surface area (Å²) in [6.07, 6.45) is 0. The summed E-state index contributed by atoms with van der Waals surface area (Å²) in [4.78, 5) is 24.1. The van der Waals surface area contributed by atoms with E-state index in [0.717, 1.165) is 0 Å². The van der Waals surface area contributed by atoms with Crippen molar-refractivity contribution in [1.82, 2.24) is 10.9 Å². The second kappa shape index (κ2) is 7.21. The van der Waals surface area contributed by atoms with Gasteiger partial charge in [-0.1, -0.05) is 23.2 Å². The first-order valence-electron chi connectivity index (χ1n) is 6.35. The summed E-state index contributed by atoms with van der Waals surface area (Å²) in [5.74, 6) is -1.32. The van der Waals surface area contributed by atoms with E-state index in [9.17, 15) is 14.7 Å². The van der Waals surface area contributed by atoms with E-state index >= 15 is 0 Å². The Hall–Kier alpha value is -2.44. The summed E-state index contributed by atoms with van der Waals surface area (Å²) >= 11 is 11.6. The number of amides is 2. The van der Waals surface area contributed by atoms with Crippen molar-refractivity contribution in [2.45, 2.75) is 0 Å². The number of hydrazine groups is 1. The van der Waals surface area contributed by atoms with Gasteiger partial charge in [0, 0.05) is 10.0 Å². The largest absolute Gasteiger partial charge is 0.507 e. The van der Waals surface area contributed by atoms with Crippen molar-refractivity contribution in [1.29, 1.82) is 0 Å². The van der Waals surface area contributed by atoms with E-state index in [1.165, 1.54) is 43.5 Å². The van der Waals surface area contributed by atoms with Gasteiger partial charge in [0.2, 0.25) is 0 Å². The van der Waals surface area contributed by atoms with Crippen molar-refractivity contribution >= 4 is 35.0 Å². The van der Waals surface area contributed by atoms with Crippen molar-refractivity contribution in [2.75, 3.05) is 7.11 Å². The summed E-state index contributed by atoms with van der Waals surface area (Å²) in [5, 5.41) is 10.3. The fraction of sp³-hybridized carbons (Fsp3) is 0.0667. The predicted molar refractivity (Wildman–Crippen MR) is 86.1 cm³/mol. The van der Waals surface area contributed by atoms with E-state index in [1.54, 1.807) is 0 Å². The summed E-state index contributed by atoms with van der Waals surface area (Å²) in [7, 11) is 1.39. The van der Waals surface area contributed by atoms with Crippen LogP contribution in [0.1, 0.15) is 20.7 Å². The number of phenols is 1. The maximum Gasteiger partial charge on any atom is 0.273 e. The fourth-order valence-electron chi connectivity index (χ4n) is 1.79. The maximum atomic E-state index is 12.1. The minimum Gasteiger partial charge on any atom is -0.507 e. The molecule has 3 N–H and O–H groups in total. The van der Waals surface area contributed by atoms with Crippen molar-refractivity contribution in [3.8, 4) is 11.5 Å². The van der Waals surface area contributed by atoms with Crippen LogP contribution in [-0.4, -0.2) is 24.0 Å². The summed E-state index contributed by atoms with van der Waals surface area (Å²) in [6, 6.07) is 8.44. The van der Waals surface area contributed by atoms with Crippen LogP contribution in [0, 0.1) is 0 Å². The lowest BCUT2D eigenvalue weighted by atomic mass is 10.2. The zero-order chi connectivity index (χ0) is 17.0. The van der Waals surface area contributed by atoms with Gasteiger partial charge < -0.3 is 9.84 Å². The molecule has 120 valence electrons. The van der Waals surface area contributed by atoms with Gasteiger partial charge in [-0.2, -0.15) is 0 Å². The van der Waals surface area contributed by atoms with Crippen LogP contribution in [-0.2, 0) is 0 Å². The van der Waals surface area contributed by atoms with Gasteiger partial charge in [-0.05, 0) is 36.4 Å². The van der Waals surface area contributed by atoms with Gasteiger partial charge in [-0.3, -0.25) is 20.4 Å². The average molecular weight is 355 g/mol. The molecule has 0 fully saturated rings.